The van der Waals surface area contributed by atoms with Gasteiger partial charge in [0.25, 0.3) is 11.7 Å². The van der Waals surface area contributed by atoms with Gasteiger partial charge < -0.3 is 4.90 Å². The van der Waals surface area contributed by atoms with Crippen LogP contribution >= 0.6 is 11.6 Å². The first-order valence-electron chi connectivity index (χ1n) is 6.07. The summed E-state index contributed by atoms with van der Waals surface area (Å²) in [7, 11) is 0. The summed E-state index contributed by atoms with van der Waals surface area (Å²) in [6, 6.07) is 7.88. The molecule has 0 aromatic heterocycles. The van der Waals surface area contributed by atoms with Crippen LogP contribution in [0.4, 0.5) is 14.5 Å². The fourth-order valence-electron chi connectivity index (χ4n) is 2.25. The van der Waals surface area contributed by atoms with Crippen LogP contribution in [-0.2, 0) is 11.3 Å². The van der Waals surface area contributed by atoms with Crippen molar-refractivity contribution in [2.24, 2.45) is 0 Å². The molecule has 6 heteroatoms. The molecule has 1 aliphatic heterocycles. The summed E-state index contributed by atoms with van der Waals surface area (Å²) in [5.41, 5.74) is 1.02. The van der Waals surface area contributed by atoms with Crippen LogP contribution in [0.1, 0.15) is 15.9 Å². The molecule has 0 saturated carbocycles. The van der Waals surface area contributed by atoms with Gasteiger partial charge in [0.05, 0.1) is 17.8 Å². The Kier molecular flexibility index (Phi) is 3.22. The van der Waals surface area contributed by atoms with Crippen LogP contribution in [-0.4, -0.2) is 11.7 Å². The van der Waals surface area contributed by atoms with E-state index in [1.54, 1.807) is 12.1 Å². The predicted octanol–water partition coefficient (Wildman–Crippen LogP) is 3.35. The topological polar surface area (TPSA) is 37.4 Å². The molecule has 1 aliphatic rings. The molecule has 3 nitrogen and oxygen atoms in total. The number of Topliss-reactive ketones (excluding diaryl/α,β-unsaturated/α-hetero) is 1. The SMILES string of the molecule is O=C1C(=O)N(Cc2ccc(F)c(F)c2)c2ccc(Cl)cc21. The standard InChI is InChI=1S/C15H8ClF2NO2/c16-9-2-4-13-10(6-9)14(20)15(21)19(13)7-8-1-3-11(17)12(18)5-8/h1-6H,7H2. The third kappa shape index (κ3) is 2.29. The minimum atomic E-state index is -0.998. The molecule has 2 aromatic rings. The van der Waals surface area contributed by atoms with Crippen LogP contribution in [0.15, 0.2) is 36.4 Å². The minimum absolute atomic E-state index is 0.0175. The molecule has 3 rings (SSSR count). The van der Waals surface area contributed by atoms with E-state index >= 15 is 0 Å². The van der Waals surface area contributed by atoms with E-state index in [1.807, 2.05) is 0 Å². The van der Waals surface area contributed by atoms with Gasteiger partial charge in [0, 0.05) is 5.02 Å². The average molecular weight is 308 g/mol. The van der Waals surface area contributed by atoms with Crippen molar-refractivity contribution in [1.82, 2.24) is 0 Å². The highest BCUT2D eigenvalue weighted by Crippen LogP contribution is 2.32. The molecule has 0 atom stereocenters. The van der Waals surface area contributed by atoms with E-state index in [-0.39, 0.29) is 12.1 Å². The quantitative estimate of drug-likeness (QED) is 0.798. The second kappa shape index (κ2) is 4.93. The second-order valence-electron chi connectivity index (χ2n) is 4.63. The Morgan fingerprint density at radius 3 is 2.48 bits per heavy atom. The fourth-order valence-corrected chi connectivity index (χ4v) is 2.42. The van der Waals surface area contributed by atoms with E-state index in [0.29, 0.717) is 16.3 Å². The van der Waals surface area contributed by atoms with E-state index in [9.17, 15) is 18.4 Å². The number of carbonyl (C=O) groups excluding carboxylic acids is 2. The van der Waals surface area contributed by atoms with Crippen LogP contribution in [0, 0.1) is 11.6 Å². The maximum atomic E-state index is 13.2. The first-order valence-corrected chi connectivity index (χ1v) is 6.45. The van der Waals surface area contributed by atoms with Crippen molar-refractivity contribution in [1.29, 1.82) is 0 Å². The van der Waals surface area contributed by atoms with Crippen LogP contribution in [0.25, 0.3) is 0 Å². The highest BCUT2D eigenvalue weighted by Gasteiger charge is 2.35. The number of rotatable bonds is 2. The van der Waals surface area contributed by atoms with Crippen LogP contribution < -0.4 is 4.90 Å². The number of nitrogens with zero attached hydrogens (tertiary/aromatic N) is 1. The molecule has 0 bridgehead atoms. The molecule has 106 valence electrons. The van der Waals surface area contributed by atoms with Gasteiger partial charge in [-0.25, -0.2) is 8.78 Å². The largest absolute Gasteiger partial charge is 0.300 e. The van der Waals surface area contributed by atoms with E-state index in [2.05, 4.69) is 0 Å². The lowest BCUT2D eigenvalue weighted by molar-refractivity contribution is -0.114. The average Bonchev–Trinajstić information content (AvgIpc) is 2.68. The van der Waals surface area contributed by atoms with Crippen molar-refractivity contribution in [2.75, 3.05) is 4.90 Å². The Morgan fingerprint density at radius 2 is 1.76 bits per heavy atom. The first kappa shape index (κ1) is 13.7. The van der Waals surface area contributed by atoms with Crippen LogP contribution in [0.2, 0.25) is 5.02 Å². The van der Waals surface area contributed by atoms with Crippen molar-refractivity contribution in [3.8, 4) is 0 Å². The zero-order chi connectivity index (χ0) is 15.1. The molecule has 0 saturated heterocycles. The van der Waals surface area contributed by atoms with Gasteiger partial charge in [-0.15, -0.1) is 0 Å². The molecule has 0 N–H and O–H groups in total. The molecule has 21 heavy (non-hydrogen) atoms. The summed E-state index contributed by atoms with van der Waals surface area (Å²) in [6.45, 7) is -0.0175. The van der Waals surface area contributed by atoms with Crippen molar-refractivity contribution in [3.05, 3.63) is 64.2 Å². The lowest BCUT2D eigenvalue weighted by Gasteiger charge is -2.16. The van der Waals surface area contributed by atoms with Crippen molar-refractivity contribution in [3.63, 3.8) is 0 Å². The summed E-state index contributed by atoms with van der Waals surface area (Å²) >= 11 is 5.81. The first-order chi connectivity index (χ1) is 9.97. The van der Waals surface area contributed by atoms with Gasteiger partial charge in [-0.2, -0.15) is 0 Å². The number of amides is 1. The highest BCUT2D eigenvalue weighted by atomic mass is 35.5. The Balaban J connectivity index is 1.98. The molecule has 1 amide bonds. The number of halogens is 3. The number of carbonyl (C=O) groups is 2. The van der Waals surface area contributed by atoms with Crippen molar-refractivity contribution < 1.29 is 18.4 Å². The molecular weight excluding hydrogens is 300 g/mol. The smallest absolute Gasteiger partial charge is 0.299 e. The lowest BCUT2D eigenvalue weighted by atomic mass is 10.1. The van der Waals surface area contributed by atoms with E-state index in [4.69, 9.17) is 11.6 Å². The van der Waals surface area contributed by atoms with Gasteiger partial charge in [-0.1, -0.05) is 17.7 Å². The fraction of sp³-hybridized carbons (Fsp3) is 0.0667. The highest BCUT2D eigenvalue weighted by molar-refractivity contribution is 6.52. The van der Waals surface area contributed by atoms with Crippen LogP contribution in [0.5, 0.6) is 0 Å². The molecule has 2 aromatic carbocycles. The van der Waals surface area contributed by atoms with Gasteiger partial charge in [-0.05, 0) is 35.9 Å². The Labute approximate surface area is 123 Å². The zero-order valence-electron chi connectivity index (χ0n) is 10.6. The molecule has 0 radical (unpaired) electrons. The van der Waals surface area contributed by atoms with Gasteiger partial charge in [0.2, 0.25) is 0 Å². The number of ketones is 1. The number of fused-ring (bicyclic) bond motifs is 1. The monoisotopic (exact) mass is 307 g/mol. The maximum absolute atomic E-state index is 13.2. The Bertz CT molecular complexity index is 776. The predicted molar refractivity (Wildman–Crippen MR) is 73.3 cm³/mol. The van der Waals surface area contributed by atoms with Crippen molar-refractivity contribution in [2.45, 2.75) is 6.54 Å². The van der Waals surface area contributed by atoms with Gasteiger partial charge in [0.15, 0.2) is 11.6 Å². The third-order valence-corrected chi connectivity index (χ3v) is 3.49. The summed E-state index contributed by atoms with van der Waals surface area (Å²) in [5, 5.41) is 0.351. The zero-order valence-corrected chi connectivity index (χ0v) is 11.3. The minimum Gasteiger partial charge on any atom is -0.300 e. The summed E-state index contributed by atoms with van der Waals surface area (Å²) in [4.78, 5) is 25.1. The van der Waals surface area contributed by atoms with Crippen molar-refractivity contribution >= 4 is 29.0 Å². The number of anilines is 1. The van der Waals surface area contributed by atoms with Gasteiger partial charge in [0.1, 0.15) is 0 Å². The molecule has 0 aliphatic carbocycles. The Morgan fingerprint density at radius 1 is 1.00 bits per heavy atom. The van der Waals surface area contributed by atoms with E-state index in [0.717, 1.165) is 12.1 Å². The third-order valence-electron chi connectivity index (χ3n) is 3.26. The van der Waals surface area contributed by atoms with E-state index in [1.165, 1.54) is 17.0 Å². The summed E-state index contributed by atoms with van der Waals surface area (Å²) in [6.07, 6.45) is 0. The maximum Gasteiger partial charge on any atom is 0.299 e. The number of hydrogen-bond acceptors (Lipinski definition) is 2. The molecular formula is C15H8ClF2NO2. The van der Waals surface area contributed by atoms with Gasteiger partial charge >= 0.3 is 0 Å². The summed E-state index contributed by atoms with van der Waals surface area (Å²) < 4.78 is 26.1. The Hall–Kier alpha value is -2.27. The molecule has 0 unspecified atom stereocenters. The molecule has 0 fully saturated rings. The molecule has 1 heterocycles. The number of hydrogen-bond donors (Lipinski definition) is 0. The van der Waals surface area contributed by atoms with E-state index < -0.39 is 23.3 Å². The second-order valence-corrected chi connectivity index (χ2v) is 5.07. The summed E-state index contributed by atoms with van der Waals surface area (Å²) in [5.74, 6) is -3.33. The normalized spacial score (nSPS) is 13.8. The number of benzene rings is 2. The lowest BCUT2D eigenvalue weighted by Crippen LogP contribution is -2.29. The van der Waals surface area contributed by atoms with Crippen LogP contribution in [0.3, 0.4) is 0 Å². The van der Waals surface area contributed by atoms with Gasteiger partial charge in [-0.3, -0.25) is 9.59 Å². The molecule has 0 spiro atoms.